The highest BCUT2D eigenvalue weighted by atomic mass is 16.6. The van der Waals surface area contributed by atoms with Gasteiger partial charge in [-0.2, -0.15) is 0 Å². The summed E-state index contributed by atoms with van der Waals surface area (Å²) < 4.78 is 11.3. The number of fused-ring (bicyclic) bond motifs is 2. The minimum atomic E-state index is -0.416. The van der Waals surface area contributed by atoms with Crippen molar-refractivity contribution in [3.8, 4) is 5.75 Å². The van der Waals surface area contributed by atoms with Crippen LogP contribution in [-0.4, -0.2) is 36.3 Å². The van der Waals surface area contributed by atoms with Crippen LogP contribution >= 0.6 is 0 Å². The second-order valence-corrected chi connectivity index (χ2v) is 5.27. The third-order valence-corrected chi connectivity index (χ3v) is 3.93. The lowest BCUT2D eigenvalue weighted by molar-refractivity contribution is -0.384. The Morgan fingerprint density at radius 3 is 2.75 bits per heavy atom. The van der Waals surface area contributed by atoms with Gasteiger partial charge in [0.2, 0.25) is 0 Å². The molecule has 3 rings (SSSR count). The van der Waals surface area contributed by atoms with Gasteiger partial charge in [-0.1, -0.05) is 0 Å². The van der Waals surface area contributed by atoms with E-state index in [9.17, 15) is 10.1 Å². The van der Waals surface area contributed by atoms with Crippen molar-refractivity contribution in [3.05, 3.63) is 34.4 Å². The Morgan fingerprint density at radius 2 is 2.15 bits per heavy atom. The van der Waals surface area contributed by atoms with Gasteiger partial charge in [-0.15, -0.1) is 0 Å². The predicted molar refractivity (Wildman–Crippen MR) is 72.9 cm³/mol. The van der Waals surface area contributed by atoms with Gasteiger partial charge in [0.15, 0.2) is 0 Å². The second kappa shape index (κ2) is 5.76. The summed E-state index contributed by atoms with van der Waals surface area (Å²) in [7, 11) is 0. The molecule has 2 aliphatic heterocycles. The molecule has 6 heteroatoms. The molecule has 20 heavy (non-hydrogen) atoms. The van der Waals surface area contributed by atoms with E-state index >= 15 is 0 Å². The summed E-state index contributed by atoms with van der Waals surface area (Å²) in [5, 5.41) is 14.0. The number of nitrogens with one attached hydrogen (secondary N) is 1. The highest BCUT2D eigenvalue weighted by Crippen LogP contribution is 2.34. The number of ether oxygens (including phenoxy) is 2. The van der Waals surface area contributed by atoms with Crippen LogP contribution in [0.1, 0.15) is 19.3 Å². The van der Waals surface area contributed by atoms with E-state index in [0.717, 1.165) is 19.4 Å². The van der Waals surface area contributed by atoms with E-state index in [1.165, 1.54) is 18.6 Å². The highest BCUT2D eigenvalue weighted by molar-refractivity contribution is 5.35. The molecule has 0 aliphatic carbocycles. The molecule has 2 fully saturated rings. The topological polar surface area (TPSA) is 73.6 Å². The molecule has 0 aromatic heterocycles. The summed E-state index contributed by atoms with van der Waals surface area (Å²) in [6.07, 6.45) is 4.28. The third kappa shape index (κ3) is 2.91. The first kappa shape index (κ1) is 13.3. The third-order valence-electron chi connectivity index (χ3n) is 3.93. The van der Waals surface area contributed by atoms with Gasteiger partial charge in [0, 0.05) is 24.7 Å². The van der Waals surface area contributed by atoms with Crippen LogP contribution < -0.4 is 10.1 Å². The molecule has 1 N–H and O–H groups in total. The molecule has 2 heterocycles. The van der Waals surface area contributed by atoms with Crippen molar-refractivity contribution in [1.29, 1.82) is 0 Å². The number of rotatable bonds is 6. The first-order chi connectivity index (χ1) is 9.72. The fraction of sp³-hybridized carbons (Fsp3) is 0.571. The SMILES string of the molecule is O=[N+]([O-])c1ccc(OCCNC2CC3CCC2O3)cc1. The fourth-order valence-corrected chi connectivity index (χ4v) is 2.93. The molecule has 108 valence electrons. The summed E-state index contributed by atoms with van der Waals surface area (Å²) in [4.78, 5) is 10.1. The molecule has 3 atom stereocenters. The van der Waals surface area contributed by atoms with Crippen molar-refractivity contribution in [2.45, 2.75) is 37.5 Å². The van der Waals surface area contributed by atoms with Crippen LogP contribution in [0.15, 0.2) is 24.3 Å². The molecule has 2 bridgehead atoms. The van der Waals surface area contributed by atoms with Crippen LogP contribution in [0, 0.1) is 10.1 Å². The second-order valence-electron chi connectivity index (χ2n) is 5.27. The van der Waals surface area contributed by atoms with Crippen LogP contribution in [0.25, 0.3) is 0 Å². The monoisotopic (exact) mass is 278 g/mol. The Kier molecular flexibility index (Phi) is 3.84. The summed E-state index contributed by atoms with van der Waals surface area (Å²) in [5.41, 5.74) is 0.0783. The summed E-state index contributed by atoms with van der Waals surface area (Å²) in [6.45, 7) is 1.31. The number of benzene rings is 1. The molecule has 0 radical (unpaired) electrons. The number of nitrogens with zero attached hydrogens (tertiary/aromatic N) is 1. The van der Waals surface area contributed by atoms with Gasteiger partial charge in [-0.05, 0) is 31.4 Å². The first-order valence-corrected chi connectivity index (χ1v) is 6.98. The number of hydrogen-bond donors (Lipinski definition) is 1. The van der Waals surface area contributed by atoms with Gasteiger partial charge in [-0.3, -0.25) is 10.1 Å². The van der Waals surface area contributed by atoms with E-state index in [0.29, 0.717) is 30.6 Å². The molecule has 2 saturated heterocycles. The van der Waals surface area contributed by atoms with E-state index in [2.05, 4.69) is 5.32 Å². The van der Waals surface area contributed by atoms with Gasteiger partial charge < -0.3 is 14.8 Å². The maximum atomic E-state index is 10.5. The fourth-order valence-electron chi connectivity index (χ4n) is 2.93. The van der Waals surface area contributed by atoms with Crippen LogP contribution in [0.5, 0.6) is 5.75 Å². The van der Waals surface area contributed by atoms with E-state index < -0.39 is 4.92 Å². The maximum absolute atomic E-state index is 10.5. The molecule has 0 amide bonds. The Morgan fingerprint density at radius 1 is 1.35 bits per heavy atom. The van der Waals surface area contributed by atoms with Gasteiger partial charge in [0.05, 0.1) is 17.1 Å². The van der Waals surface area contributed by atoms with Gasteiger partial charge in [-0.25, -0.2) is 0 Å². The van der Waals surface area contributed by atoms with Crippen molar-refractivity contribution < 1.29 is 14.4 Å². The van der Waals surface area contributed by atoms with Gasteiger partial charge in [0.1, 0.15) is 12.4 Å². The number of nitro groups is 1. The standard InChI is InChI=1S/C14H18N2O4/c17-16(18)10-1-3-11(4-2-10)19-8-7-15-13-9-12-5-6-14(13)20-12/h1-4,12-15H,5-9H2. The lowest BCUT2D eigenvalue weighted by Crippen LogP contribution is -2.39. The molecule has 3 unspecified atom stereocenters. The van der Waals surface area contributed by atoms with Crippen molar-refractivity contribution >= 4 is 5.69 Å². The Labute approximate surface area is 117 Å². The number of hydrogen-bond acceptors (Lipinski definition) is 5. The van der Waals surface area contributed by atoms with Gasteiger partial charge >= 0.3 is 0 Å². The smallest absolute Gasteiger partial charge is 0.269 e. The summed E-state index contributed by atoms with van der Waals surface area (Å²) in [6, 6.07) is 6.60. The molecular formula is C14H18N2O4. The minimum absolute atomic E-state index is 0.0783. The predicted octanol–water partition coefficient (Wildman–Crippen LogP) is 1.88. The van der Waals surface area contributed by atoms with E-state index in [4.69, 9.17) is 9.47 Å². The summed E-state index contributed by atoms with van der Waals surface area (Å²) >= 11 is 0. The van der Waals surface area contributed by atoms with Crippen molar-refractivity contribution in [2.24, 2.45) is 0 Å². The normalized spacial score (nSPS) is 27.7. The number of nitro benzene ring substituents is 1. The molecular weight excluding hydrogens is 260 g/mol. The van der Waals surface area contributed by atoms with Crippen molar-refractivity contribution in [1.82, 2.24) is 5.32 Å². The first-order valence-electron chi connectivity index (χ1n) is 6.98. The minimum Gasteiger partial charge on any atom is -0.492 e. The molecule has 0 spiro atoms. The number of non-ortho nitro benzene ring substituents is 1. The molecule has 2 aliphatic rings. The zero-order valence-electron chi connectivity index (χ0n) is 11.2. The molecule has 1 aromatic carbocycles. The molecule has 6 nitrogen and oxygen atoms in total. The average molecular weight is 278 g/mol. The average Bonchev–Trinajstić information content (AvgIpc) is 3.06. The van der Waals surface area contributed by atoms with Crippen LogP contribution in [0.2, 0.25) is 0 Å². The summed E-state index contributed by atoms with van der Waals surface area (Å²) in [5.74, 6) is 0.654. The van der Waals surface area contributed by atoms with Crippen molar-refractivity contribution in [3.63, 3.8) is 0 Å². The Hall–Kier alpha value is -1.66. The molecule has 1 aromatic rings. The van der Waals surface area contributed by atoms with Gasteiger partial charge in [0.25, 0.3) is 5.69 Å². The Balaban J connectivity index is 1.38. The quantitative estimate of drug-likeness (QED) is 0.488. The largest absolute Gasteiger partial charge is 0.492 e. The van der Waals surface area contributed by atoms with Crippen LogP contribution in [0.4, 0.5) is 5.69 Å². The Bertz CT molecular complexity index is 477. The maximum Gasteiger partial charge on any atom is 0.269 e. The lowest BCUT2D eigenvalue weighted by atomic mass is 9.95. The molecule has 0 saturated carbocycles. The zero-order valence-corrected chi connectivity index (χ0v) is 11.2. The lowest BCUT2D eigenvalue weighted by Gasteiger charge is -2.20. The van der Waals surface area contributed by atoms with Crippen LogP contribution in [0.3, 0.4) is 0 Å². The van der Waals surface area contributed by atoms with E-state index in [-0.39, 0.29) is 5.69 Å². The highest BCUT2D eigenvalue weighted by Gasteiger charge is 2.40. The van der Waals surface area contributed by atoms with Crippen LogP contribution in [-0.2, 0) is 4.74 Å². The van der Waals surface area contributed by atoms with E-state index in [1.807, 2.05) is 0 Å². The van der Waals surface area contributed by atoms with E-state index in [1.54, 1.807) is 12.1 Å². The van der Waals surface area contributed by atoms with Crippen molar-refractivity contribution in [2.75, 3.05) is 13.2 Å². The zero-order chi connectivity index (χ0) is 13.9.